The van der Waals surface area contributed by atoms with Gasteiger partial charge in [-0.15, -0.1) is 0 Å². The first-order valence-corrected chi connectivity index (χ1v) is 11.1. The van der Waals surface area contributed by atoms with Crippen LogP contribution in [0.15, 0.2) is 18.2 Å². The van der Waals surface area contributed by atoms with Crippen molar-refractivity contribution in [3.05, 3.63) is 29.3 Å². The van der Waals surface area contributed by atoms with Gasteiger partial charge >= 0.3 is 0 Å². The van der Waals surface area contributed by atoms with E-state index in [1.165, 1.54) is 16.8 Å². The highest BCUT2D eigenvalue weighted by Gasteiger charge is 2.33. The standard InChI is InChI=1S/C19H29N3O3S/c1-15-5-4-6-18(16(15)2)22-10-8-21(9-11-22)13-19(23)20(3)17-7-12-26(24,25)14-17/h4-6,17H,7-14H2,1-3H3/t17-/m0/s1. The molecule has 0 radical (unpaired) electrons. The van der Waals surface area contributed by atoms with Crippen molar-refractivity contribution in [3.63, 3.8) is 0 Å². The van der Waals surface area contributed by atoms with Crippen molar-refractivity contribution < 1.29 is 13.2 Å². The number of nitrogens with zero attached hydrogens (tertiary/aromatic N) is 3. The summed E-state index contributed by atoms with van der Waals surface area (Å²) in [4.78, 5) is 18.7. The van der Waals surface area contributed by atoms with Crippen LogP contribution in [0.5, 0.6) is 0 Å². The number of hydrogen-bond donors (Lipinski definition) is 0. The Bertz CT molecular complexity index is 770. The summed E-state index contributed by atoms with van der Waals surface area (Å²) in [7, 11) is -1.23. The Morgan fingerprint density at radius 2 is 1.88 bits per heavy atom. The monoisotopic (exact) mass is 379 g/mol. The zero-order valence-corrected chi connectivity index (χ0v) is 16.8. The van der Waals surface area contributed by atoms with E-state index in [0.29, 0.717) is 13.0 Å². The first-order valence-electron chi connectivity index (χ1n) is 9.26. The fourth-order valence-corrected chi connectivity index (χ4v) is 5.59. The fraction of sp³-hybridized carbons (Fsp3) is 0.632. The Morgan fingerprint density at radius 1 is 1.19 bits per heavy atom. The van der Waals surface area contributed by atoms with Crippen LogP contribution in [0.4, 0.5) is 5.69 Å². The second kappa shape index (κ2) is 7.56. The summed E-state index contributed by atoms with van der Waals surface area (Å²) in [5.74, 6) is 0.326. The lowest BCUT2D eigenvalue weighted by molar-refractivity contribution is -0.132. The molecule has 6 nitrogen and oxygen atoms in total. The number of likely N-dealkylation sites (N-methyl/N-ethyl adjacent to an activating group) is 1. The van der Waals surface area contributed by atoms with Gasteiger partial charge in [-0.2, -0.15) is 0 Å². The molecule has 2 aliphatic rings. The molecule has 1 aromatic rings. The lowest BCUT2D eigenvalue weighted by atomic mass is 10.1. The van der Waals surface area contributed by atoms with Crippen molar-refractivity contribution in [1.29, 1.82) is 0 Å². The van der Waals surface area contributed by atoms with Crippen LogP contribution in [0.25, 0.3) is 0 Å². The highest BCUT2D eigenvalue weighted by atomic mass is 32.2. The van der Waals surface area contributed by atoms with Gasteiger partial charge in [0.15, 0.2) is 9.84 Å². The van der Waals surface area contributed by atoms with Crippen molar-refractivity contribution in [1.82, 2.24) is 9.80 Å². The number of piperazine rings is 1. The topological polar surface area (TPSA) is 60.9 Å². The predicted molar refractivity (Wildman–Crippen MR) is 104 cm³/mol. The number of aryl methyl sites for hydroxylation is 1. The molecule has 26 heavy (non-hydrogen) atoms. The zero-order chi connectivity index (χ0) is 18.9. The molecule has 2 saturated heterocycles. The van der Waals surface area contributed by atoms with Gasteiger partial charge in [-0.3, -0.25) is 9.69 Å². The first kappa shape index (κ1) is 19.2. The van der Waals surface area contributed by atoms with Gasteiger partial charge in [-0.05, 0) is 37.5 Å². The Kier molecular flexibility index (Phi) is 5.58. The van der Waals surface area contributed by atoms with E-state index in [2.05, 4.69) is 41.8 Å². The molecule has 0 aliphatic carbocycles. The minimum absolute atomic E-state index is 0.0206. The minimum atomic E-state index is -2.97. The molecule has 2 fully saturated rings. The maximum atomic E-state index is 12.5. The van der Waals surface area contributed by atoms with E-state index >= 15 is 0 Å². The van der Waals surface area contributed by atoms with E-state index < -0.39 is 9.84 Å². The summed E-state index contributed by atoms with van der Waals surface area (Å²) < 4.78 is 23.3. The minimum Gasteiger partial charge on any atom is -0.369 e. The summed E-state index contributed by atoms with van der Waals surface area (Å²) in [6.45, 7) is 8.15. The van der Waals surface area contributed by atoms with Crippen molar-refractivity contribution in [2.75, 3.05) is 56.2 Å². The Hall–Kier alpha value is -1.60. The van der Waals surface area contributed by atoms with Crippen molar-refractivity contribution in [2.45, 2.75) is 26.3 Å². The van der Waals surface area contributed by atoms with Gasteiger partial charge in [0, 0.05) is 45.0 Å². The lowest BCUT2D eigenvalue weighted by Crippen LogP contribution is -2.51. The maximum Gasteiger partial charge on any atom is 0.236 e. The van der Waals surface area contributed by atoms with Crippen molar-refractivity contribution in [2.24, 2.45) is 0 Å². The maximum absolute atomic E-state index is 12.5. The highest BCUT2D eigenvalue weighted by Crippen LogP contribution is 2.24. The summed E-state index contributed by atoms with van der Waals surface area (Å²) in [5, 5.41) is 0. The van der Waals surface area contributed by atoms with Crippen LogP contribution < -0.4 is 4.90 Å². The normalized spacial score (nSPS) is 23.2. The molecule has 0 saturated carbocycles. The summed E-state index contributed by atoms with van der Waals surface area (Å²) in [6, 6.07) is 6.23. The lowest BCUT2D eigenvalue weighted by Gasteiger charge is -2.37. The molecule has 144 valence electrons. The van der Waals surface area contributed by atoms with E-state index in [4.69, 9.17) is 0 Å². The largest absolute Gasteiger partial charge is 0.369 e. The first-order chi connectivity index (χ1) is 12.3. The average molecular weight is 380 g/mol. The molecule has 0 N–H and O–H groups in total. The van der Waals surface area contributed by atoms with Crippen molar-refractivity contribution in [3.8, 4) is 0 Å². The van der Waals surface area contributed by atoms with Gasteiger partial charge in [0.25, 0.3) is 0 Å². The number of benzene rings is 1. The smallest absolute Gasteiger partial charge is 0.236 e. The number of anilines is 1. The molecular formula is C19H29N3O3S. The number of hydrogen-bond acceptors (Lipinski definition) is 5. The molecule has 1 atom stereocenters. The second-order valence-electron chi connectivity index (χ2n) is 7.54. The van der Waals surface area contributed by atoms with E-state index in [1.54, 1.807) is 11.9 Å². The molecule has 7 heteroatoms. The van der Waals surface area contributed by atoms with Crippen LogP contribution in [0.3, 0.4) is 0 Å². The van der Waals surface area contributed by atoms with E-state index in [9.17, 15) is 13.2 Å². The van der Waals surface area contributed by atoms with Gasteiger partial charge in [-0.25, -0.2) is 8.42 Å². The SMILES string of the molecule is Cc1cccc(N2CCN(CC(=O)N(C)[C@H]3CCS(=O)(=O)C3)CC2)c1C. The number of rotatable bonds is 4. The molecule has 1 amide bonds. The average Bonchev–Trinajstić information content (AvgIpc) is 2.97. The quantitative estimate of drug-likeness (QED) is 0.783. The number of amides is 1. The predicted octanol–water partition coefficient (Wildman–Crippen LogP) is 1.07. The van der Waals surface area contributed by atoms with Crippen LogP contribution >= 0.6 is 0 Å². The van der Waals surface area contributed by atoms with Gasteiger partial charge in [-0.1, -0.05) is 12.1 Å². The Morgan fingerprint density at radius 3 is 2.50 bits per heavy atom. The molecule has 0 unspecified atom stereocenters. The van der Waals surface area contributed by atoms with Crippen LogP contribution in [0, 0.1) is 13.8 Å². The third-order valence-electron chi connectivity index (χ3n) is 5.80. The Balaban J connectivity index is 1.52. The number of carbonyl (C=O) groups excluding carboxylic acids is 1. The molecule has 3 rings (SSSR count). The van der Waals surface area contributed by atoms with Crippen molar-refractivity contribution >= 4 is 21.4 Å². The van der Waals surface area contributed by atoms with Gasteiger partial charge in [0.2, 0.25) is 5.91 Å². The van der Waals surface area contributed by atoms with Gasteiger partial charge < -0.3 is 9.80 Å². The number of carbonyl (C=O) groups is 1. The van der Waals surface area contributed by atoms with Crippen LogP contribution in [-0.2, 0) is 14.6 Å². The van der Waals surface area contributed by atoms with Gasteiger partial charge in [0.1, 0.15) is 0 Å². The summed E-state index contributed by atoms with van der Waals surface area (Å²) >= 11 is 0. The highest BCUT2D eigenvalue weighted by molar-refractivity contribution is 7.91. The van der Waals surface area contributed by atoms with Crippen LogP contribution in [-0.4, -0.2) is 81.4 Å². The Labute approximate surface area is 156 Å². The third kappa shape index (κ3) is 4.20. The van der Waals surface area contributed by atoms with E-state index in [-0.39, 0.29) is 23.5 Å². The number of sulfone groups is 1. The van der Waals surface area contributed by atoms with Crippen LogP contribution in [0.1, 0.15) is 17.5 Å². The second-order valence-corrected chi connectivity index (χ2v) is 9.77. The molecule has 0 aromatic heterocycles. The van der Waals surface area contributed by atoms with Crippen LogP contribution in [0.2, 0.25) is 0 Å². The zero-order valence-electron chi connectivity index (χ0n) is 15.9. The summed E-state index contributed by atoms with van der Waals surface area (Å²) in [6.07, 6.45) is 0.561. The molecule has 0 bridgehead atoms. The van der Waals surface area contributed by atoms with Gasteiger partial charge in [0.05, 0.1) is 18.1 Å². The molecule has 2 aliphatic heterocycles. The molecular weight excluding hydrogens is 350 g/mol. The molecule has 1 aromatic carbocycles. The van der Waals surface area contributed by atoms with E-state index in [0.717, 1.165) is 26.2 Å². The fourth-order valence-electron chi connectivity index (χ4n) is 3.81. The molecule has 2 heterocycles. The third-order valence-corrected chi connectivity index (χ3v) is 7.55. The molecule has 0 spiro atoms. The van der Waals surface area contributed by atoms with E-state index in [1.807, 2.05) is 0 Å². The summed E-state index contributed by atoms with van der Waals surface area (Å²) in [5.41, 5.74) is 3.90.